The molecule has 0 aliphatic rings. The molecule has 0 bridgehead atoms. The molecule has 0 saturated carbocycles. The number of fused-ring (bicyclic) bond motifs is 3. The van der Waals surface area contributed by atoms with Crippen LogP contribution in [-0.4, -0.2) is 20.1 Å². The molecule has 0 fully saturated rings. The first kappa shape index (κ1) is 16.8. The van der Waals surface area contributed by atoms with Crippen LogP contribution in [0, 0.1) is 12.8 Å². The van der Waals surface area contributed by atoms with Crippen molar-refractivity contribution in [1.82, 2.24) is 20.1 Å². The van der Waals surface area contributed by atoms with Crippen LogP contribution in [0.1, 0.15) is 44.1 Å². The molecule has 0 saturated heterocycles. The Kier molecular flexibility index (Phi) is 4.23. The average molecular weight is 348 g/mol. The Labute approximate surface area is 152 Å². The summed E-state index contributed by atoms with van der Waals surface area (Å²) >= 11 is 0. The summed E-state index contributed by atoms with van der Waals surface area (Å²) in [6, 6.07) is 6.69. The Bertz CT molecular complexity index is 1070. The number of nitrogens with one attached hydrogen (secondary N) is 1. The number of aromatic nitrogens is 4. The van der Waals surface area contributed by atoms with E-state index in [0.29, 0.717) is 17.6 Å². The van der Waals surface area contributed by atoms with Crippen LogP contribution >= 0.6 is 0 Å². The van der Waals surface area contributed by atoms with E-state index in [1.807, 2.05) is 13.1 Å². The second-order valence-corrected chi connectivity index (χ2v) is 7.33. The lowest BCUT2D eigenvalue weighted by Crippen LogP contribution is -1.92. The van der Waals surface area contributed by atoms with E-state index < -0.39 is 0 Å². The summed E-state index contributed by atoms with van der Waals surface area (Å²) in [5.74, 6) is 1.90. The number of aryl methyl sites for hydroxylation is 3. The Hall–Kier alpha value is -2.69. The number of H-pyrrole nitrogens is 1. The molecule has 3 heterocycles. The molecule has 0 radical (unpaired) electrons. The highest BCUT2D eigenvalue weighted by Gasteiger charge is 2.17. The fraction of sp³-hybridized carbons (Fsp3) is 0.381. The van der Waals surface area contributed by atoms with Gasteiger partial charge in [-0.1, -0.05) is 32.0 Å². The molecule has 1 aromatic carbocycles. The van der Waals surface area contributed by atoms with Gasteiger partial charge in [0, 0.05) is 22.7 Å². The molecule has 134 valence electrons. The SMILES string of the molecule is CCc1noc(-c2ncc3[nH]c4ccc(CCC(C)C)cc4c3c2C)n1. The second kappa shape index (κ2) is 6.56. The van der Waals surface area contributed by atoms with Gasteiger partial charge in [-0.05, 0) is 48.9 Å². The number of benzene rings is 1. The molecule has 4 rings (SSSR count). The van der Waals surface area contributed by atoms with Gasteiger partial charge >= 0.3 is 0 Å². The molecule has 5 nitrogen and oxygen atoms in total. The summed E-state index contributed by atoms with van der Waals surface area (Å²) in [7, 11) is 0. The van der Waals surface area contributed by atoms with Crippen molar-refractivity contribution in [3.8, 4) is 11.6 Å². The predicted molar refractivity (Wildman–Crippen MR) is 104 cm³/mol. The molecule has 5 heteroatoms. The van der Waals surface area contributed by atoms with Crippen molar-refractivity contribution in [3.63, 3.8) is 0 Å². The van der Waals surface area contributed by atoms with Crippen molar-refractivity contribution in [2.75, 3.05) is 0 Å². The number of rotatable bonds is 5. The third-order valence-corrected chi connectivity index (χ3v) is 4.94. The molecule has 0 atom stereocenters. The first-order chi connectivity index (χ1) is 12.6. The molecular formula is C21H24N4O. The van der Waals surface area contributed by atoms with Crippen LogP contribution in [0.4, 0.5) is 0 Å². The van der Waals surface area contributed by atoms with Crippen LogP contribution < -0.4 is 0 Å². The van der Waals surface area contributed by atoms with Crippen LogP contribution in [0.3, 0.4) is 0 Å². The van der Waals surface area contributed by atoms with Crippen LogP contribution in [0.5, 0.6) is 0 Å². The van der Waals surface area contributed by atoms with E-state index in [1.165, 1.54) is 22.8 Å². The van der Waals surface area contributed by atoms with Gasteiger partial charge in [0.1, 0.15) is 5.69 Å². The van der Waals surface area contributed by atoms with Gasteiger partial charge in [0.05, 0.1) is 11.7 Å². The Morgan fingerprint density at radius 1 is 1.19 bits per heavy atom. The van der Waals surface area contributed by atoms with E-state index in [-0.39, 0.29) is 0 Å². The van der Waals surface area contributed by atoms with Gasteiger partial charge in [-0.15, -0.1) is 0 Å². The number of nitrogens with zero attached hydrogens (tertiary/aromatic N) is 3. The molecule has 0 aliphatic heterocycles. The highest BCUT2D eigenvalue weighted by Crippen LogP contribution is 2.33. The van der Waals surface area contributed by atoms with Crippen molar-refractivity contribution in [2.24, 2.45) is 5.92 Å². The zero-order valence-electron chi connectivity index (χ0n) is 15.8. The van der Waals surface area contributed by atoms with E-state index in [0.717, 1.165) is 35.1 Å². The minimum atomic E-state index is 0.492. The van der Waals surface area contributed by atoms with Crippen LogP contribution in [0.25, 0.3) is 33.4 Å². The molecule has 1 N–H and O–H groups in total. The Morgan fingerprint density at radius 3 is 2.77 bits per heavy atom. The topological polar surface area (TPSA) is 67.6 Å². The molecule has 4 aromatic rings. The third-order valence-electron chi connectivity index (χ3n) is 4.94. The first-order valence-electron chi connectivity index (χ1n) is 9.29. The van der Waals surface area contributed by atoms with Crippen molar-refractivity contribution in [3.05, 3.63) is 41.3 Å². The molecule has 0 aliphatic carbocycles. The molecule has 26 heavy (non-hydrogen) atoms. The summed E-state index contributed by atoms with van der Waals surface area (Å²) in [6.45, 7) is 8.62. The zero-order chi connectivity index (χ0) is 18.3. The maximum Gasteiger partial charge on any atom is 0.276 e. The van der Waals surface area contributed by atoms with Gasteiger partial charge in [0.2, 0.25) is 0 Å². The minimum Gasteiger partial charge on any atom is -0.353 e. The predicted octanol–water partition coefficient (Wildman–Crippen LogP) is 5.23. The van der Waals surface area contributed by atoms with Gasteiger partial charge in [-0.2, -0.15) is 4.98 Å². The molecular weight excluding hydrogens is 324 g/mol. The highest BCUT2D eigenvalue weighted by atomic mass is 16.5. The number of pyridine rings is 1. The summed E-state index contributed by atoms with van der Waals surface area (Å²) in [6.07, 6.45) is 4.90. The number of hydrogen-bond acceptors (Lipinski definition) is 4. The van der Waals surface area contributed by atoms with Crippen molar-refractivity contribution in [1.29, 1.82) is 0 Å². The molecule has 0 unspecified atom stereocenters. The van der Waals surface area contributed by atoms with Gasteiger partial charge in [0.25, 0.3) is 5.89 Å². The van der Waals surface area contributed by atoms with Gasteiger partial charge in [-0.3, -0.25) is 0 Å². The number of aromatic amines is 1. The summed E-state index contributed by atoms with van der Waals surface area (Å²) in [4.78, 5) is 12.5. The monoisotopic (exact) mass is 348 g/mol. The van der Waals surface area contributed by atoms with Gasteiger partial charge < -0.3 is 9.51 Å². The minimum absolute atomic E-state index is 0.492. The van der Waals surface area contributed by atoms with Gasteiger partial charge in [0.15, 0.2) is 5.82 Å². The lowest BCUT2D eigenvalue weighted by molar-refractivity contribution is 0.422. The van der Waals surface area contributed by atoms with Gasteiger partial charge in [-0.25, -0.2) is 4.98 Å². The summed E-state index contributed by atoms with van der Waals surface area (Å²) < 4.78 is 5.41. The maximum atomic E-state index is 5.41. The normalized spacial score (nSPS) is 11.9. The smallest absolute Gasteiger partial charge is 0.276 e. The third kappa shape index (κ3) is 2.87. The molecule has 3 aromatic heterocycles. The first-order valence-corrected chi connectivity index (χ1v) is 9.29. The standard InChI is InChI=1S/C21H24N4O/c1-5-18-24-21(26-25-18)20-13(4)19-15-10-14(7-6-12(2)3)8-9-16(15)23-17(19)11-22-20/h8-12,23H,5-7H2,1-4H3. The van der Waals surface area contributed by atoms with Crippen LogP contribution in [-0.2, 0) is 12.8 Å². The molecule has 0 amide bonds. The van der Waals surface area contributed by atoms with E-state index >= 15 is 0 Å². The van der Waals surface area contributed by atoms with E-state index in [2.05, 4.69) is 59.1 Å². The Morgan fingerprint density at radius 2 is 2.04 bits per heavy atom. The van der Waals surface area contributed by atoms with Crippen molar-refractivity contribution in [2.45, 2.75) is 47.0 Å². The quantitative estimate of drug-likeness (QED) is 0.536. The lowest BCUT2D eigenvalue weighted by Gasteiger charge is -2.06. The fourth-order valence-electron chi connectivity index (χ4n) is 3.43. The average Bonchev–Trinajstić information content (AvgIpc) is 3.24. The second-order valence-electron chi connectivity index (χ2n) is 7.33. The lowest BCUT2D eigenvalue weighted by atomic mass is 10.00. The number of hydrogen-bond donors (Lipinski definition) is 1. The van der Waals surface area contributed by atoms with Crippen LogP contribution in [0.15, 0.2) is 28.9 Å². The highest BCUT2D eigenvalue weighted by molar-refractivity contribution is 6.10. The summed E-state index contributed by atoms with van der Waals surface area (Å²) in [5.41, 5.74) is 5.38. The zero-order valence-corrected chi connectivity index (χ0v) is 15.8. The molecule has 0 spiro atoms. The van der Waals surface area contributed by atoms with Crippen molar-refractivity contribution >= 4 is 21.8 Å². The van der Waals surface area contributed by atoms with Crippen molar-refractivity contribution < 1.29 is 4.52 Å². The van der Waals surface area contributed by atoms with Crippen LogP contribution in [0.2, 0.25) is 0 Å². The van der Waals surface area contributed by atoms with E-state index in [9.17, 15) is 0 Å². The fourth-order valence-corrected chi connectivity index (χ4v) is 3.43. The van der Waals surface area contributed by atoms with E-state index in [1.54, 1.807) is 0 Å². The Balaban J connectivity index is 1.85. The van der Waals surface area contributed by atoms with E-state index in [4.69, 9.17) is 4.52 Å². The largest absolute Gasteiger partial charge is 0.353 e. The maximum absolute atomic E-state index is 5.41. The summed E-state index contributed by atoms with van der Waals surface area (Å²) in [5, 5.41) is 6.42.